The van der Waals surface area contributed by atoms with Gasteiger partial charge in [0.15, 0.2) is 0 Å². The van der Waals surface area contributed by atoms with Crippen LogP contribution in [0.1, 0.15) is 24.8 Å². The molecule has 1 aromatic carbocycles. The fourth-order valence-corrected chi connectivity index (χ4v) is 2.10. The number of benzene rings is 1. The Balaban J connectivity index is 2.00. The normalized spacial score (nSPS) is 28.5. The van der Waals surface area contributed by atoms with Gasteiger partial charge in [0.1, 0.15) is 0 Å². The summed E-state index contributed by atoms with van der Waals surface area (Å²) in [6, 6.07) is 10.8. The second kappa shape index (κ2) is 3.51. The van der Waals surface area contributed by atoms with Crippen LogP contribution in [-0.2, 0) is 0 Å². The molecule has 70 valence electrons. The zero-order chi connectivity index (χ0) is 9.26. The van der Waals surface area contributed by atoms with Crippen molar-refractivity contribution in [2.45, 2.75) is 19.3 Å². The summed E-state index contributed by atoms with van der Waals surface area (Å²) in [6.07, 6.45) is 1.34. The first-order valence-corrected chi connectivity index (χ1v) is 5.08. The molecule has 1 heteroatoms. The van der Waals surface area contributed by atoms with E-state index in [9.17, 15) is 0 Å². The molecular weight excluding hydrogens is 158 g/mol. The van der Waals surface area contributed by atoms with Crippen molar-refractivity contribution >= 4 is 0 Å². The van der Waals surface area contributed by atoms with E-state index in [-0.39, 0.29) is 0 Å². The maximum absolute atomic E-state index is 5.65. The molecule has 1 fully saturated rings. The van der Waals surface area contributed by atoms with Gasteiger partial charge in [0.25, 0.3) is 0 Å². The monoisotopic (exact) mass is 175 g/mol. The van der Waals surface area contributed by atoms with Crippen LogP contribution < -0.4 is 5.73 Å². The Kier molecular flexibility index (Phi) is 2.36. The van der Waals surface area contributed by atoms with Crippen molar-refractivity contribution < 1.29 is 0 Å². The van der Waals surface area contributed by atoms with Crippen molar-refractivity contribution in [3.05, 3.63) is 35.9 Å². The van der Waals surface area contributed by atoms with Crippen molar-refractivity contribution in [2.75, 3.05) is 6.54 Å². The molecule has 0 amide bonds. The van der Waals surface area contributed by atoms with Crippen molar-refractivity contribution in [3.8, 4) is 0 Å². The summed E-state index contributed by atoms with van der Waals surface area (Å²) in [7, 11) is 0. The SMILES string of the molecule is CC(CN)C1CC1c1ccccc1. The van der Waals surface area contributed by atoms with Crippen molar-refractivity contribution in [1.29, 1.82) is 0 Å². The van der Waals surface area contributed by atoms with E-state index in [1.165, 1.54) is 12.0 Å². The molecule has 1 nitrogen and oxygen atoms in total. The minimum Gasteiger partial charge on any atom is -0.330 e. The predicted octanol–water partition coefficient (Wildman–Crippen LogP) is 2.38. The smallest absolute Gasteiger partial charge is 0.00486 e. The van der Waals surface area contributed by atoms with Crippen LogP contribution in [0.5, 0.6) is 0 Å². The molecule has 1 aliphatic rings. The minimum atomic E-state index is 0.685. The minimum absolute atomic E-state index is 0.685. The van der Waals surface area contributed by atoms with Gasteiger partial charge in [-0.25, -0.2) is 0 Å². The number of rotatable bonds is 3. The lowest BCUT2D eigenvalue weighted by Gasteiger charge is -2.06. The van der Waals surface area contributed by atoms with Crippen molar-refractivity contribution in [2.24, 2.45) is 17.6 Å². The van der Waals surface area contributed by atoms with E-state index in [0.717, 1.165) is 18.4 Å². The zero-order valence-corrected chi connectivity index (χ0v) is 8.11. The Morgan fingerprint density at radius 2 is 2.08 bits per heavy atom. The Hall–Kier alpha value is -0.820. The summed E-state index contributed by atoms with van der Waals surface area (Å²) < 4.78 is 0. The molecule has 3 atom stereocenters. The molecule has 2 N–H and O–H groups in total. The van der Waals surface area contributed by atoms with Gasteiger partial charge in [0.2, 0.25) is 0 Å². The van der Waals surface area contributed by atoms with Crippen LogP contribution in [0.3, 0.4) is 0 Å². The third-order valence-electron chi connectivity index (χ3n) is 3.17. The Morgan fingerprint density at radius 3 is 2.69 bits per heavy atom. The maximum atomic E-state index is 5.65. The lowest BCUT2D eigenvalue weighted by Crippen LogP contribution is -2.13. The summed E-state index contributed by atoms with van der Waals surface area (Å²) in [6.45, 7) is 3.08. The molecule has 2 rings (SSSR count). The first kappa shape index (κ1) is 8.76. The maximum Gasteiger partial charge on any atom is -0.00486 e. The van der Waals surface area contributed by atoms with Crippen LogP contribution in [0.15, 0.2) is 30.3 Å². The number of nitrogens with two attached hydrogens (primary N) is 1. The first-order valence-electron chi connectivity index (χ1n) is 5.08. The fourth-order valence-electron chi connectivity index (χ4n) is 2.10. The van der Waals surface area contributed by atoms with Gasteiger partial charge in [-0.3, -0.25) is 0 Å². The van der Waals surface area contributed by atoms with Gasteiger partial charge in [-0.1, -0.05) is 37.3 Å². The summed E-state index contributed by atoms with van der Waals surface area (Å²) in [5.74, 6) is 2.32. The van der Waals surface area contributed by atoms with E-state index >= 15 is 0 Å². The van der Waals surface area contributed by atoms with Crippen LogP contribution in [0, 0.1) is 11.8 Å². The highest BCUT2D eigenvalue weighted by Gasteiger charge is 2.40. The molecular formula is C12H17N. The molecule has 1 aliphatic carbocycles. The van der Waals surface area contributed by atoms with Crippen LogP contribution in [0.2, 0.25) is 0 Å². The average molecular weight is 175 g/mol. The lowest BCUT2D eigenvalue weighted by atomic mass is 10.0. The van der Waals surface area contributed by atoms with E-state index in [2.05, 4.69) is 37.3 Å². The summed E-state index contributed by atoms with van der Waals surface area (Å²) in [4.78, 5) is 0. The van der Waals surface area contributed by atoms with Gasteiger partial charge in [-0.05, 0) is 36.3 Å². The van der Waals surface area contributed by atoms with Gasteiger partial charge in [-0.2, -0.15) is 0 Å². The quantitative estimate of drug-likeness (QED) is 0.750. The summed E-state index contributed by atoms with van der Waals surface area (Å²) in [5.41, 5.74) is 7.15. The third kappa shape index (κ3) is 1.75. The van der Waals surface area contributed by atoms with Crippen LogP contribution in [0.25, 0.3) is 0 Å². The van der Waals surface area contributed by atoms with Gasteiger partial charge in [0, 0.05) is 0 Å². The average Bonchev–Trinajstić information content (AvgIpc) is 2.98. The number of hydrogen-bond acceptors (Lipinski definition) is 1. The van der Waals surface area contributed by atoms with Gasteiger partial charge in [-0.15, -0.1) is 0 Å². The van der Waals surface area contributed by atoms with Gasteiger partial charge < -0.3 is 5.73 Å². The van der Waals surface area contributed by atoms with E-state index in [1.807, 2.05) is 0 Å². The highest BCUT2D eigenvalue weighted by molar-refractivity contribution is 5.25. The second-order valence-corrected chi connectivity index (χ2v) is 4.13. The Morgan fingerprint density at radius 1 is 1.38 bits per heavy atom. The fraction of sp³-hybridized carbons (Fsp3) is 0.500. The molecule has 1 aromatic rings. The molecule has 0 aromatic heterocycles. The molecule has 0 radical (unpaired) electrons. The Labute approximate surface area is 80.0 Å². The van der Waals surface area contributed by atoms with E-state index in [4.69, 9.17) is 5.73 Å². The predicted molar refractivity (Wildman–Crippen MR) is 55.5 cm³/mol. The second-order valence-electron chi connectivity index (χ2n) is 4.13. The van der Waals surface area contributed by atoms with E-state index in [1.54, 1.807) is 0 Å². The van der Waals surface area contributed by atoms with Crippen LogP contribution in [-0.4, -0.2) is 6.54 Å². The van der Waals surface area contributed by atoms with Crippen LogP contribution in [0.4, 0.5) is 0 Å². The van der Waals surface area contributed by atoms with Crippen molar-refractivity contribution in [1.82, 2.24) is 0 Å². The molecule has 0 spiro atoms. The molecule has 3 unspecified atom stereocenters. The highest BCUT2D eigenvalue weighted by atomic mass is 14.6. The van der Waals surface area contributed by atoms with Gasteiger partial charge in [0.05, 0.1) is 0 Å². The largest absolute Gasteiger partial charge is 0.330 e. The molecule has 0 heterocycles. The molecule has 0 saturated heterocycles. The number of hydrogen-bond donors (Lipinski definition) is 1. The molecule has 13 heavy (non-hydrogen) atoms. The van der Waals surface area contributed by atoms with Crippen LogP contribution >= 0.6 is 0 Å². The lowest BCUT2D eigenvalue weighted by molar-refractivity contribution is 0.509. The van der Waals surface area contributed by atoms with Crippen molar-refractivity contribution in [3.63, 3.8) is 0 Å². The molecule has 1 saturated carbocycles. The van der Waals surface area contributed by atoms with E-state index < -0.39 is 0 Å². The molecule has 0 bridgehead atoms. The topological polar surface area (TPSA) is 26.0 Å². The standard InChI is InChI=1S/C12H17N/c1-9(8-13)11-7-12(11)10-5-3-2-4-6-10/h2-6,9,11-12H,7-8,13H2,1H3. The highest BCUT2D eigenvalue weighted by Crippen LogP contribution is 2.51. The summed E-state index contributed by atoms with van der Waals surface area (Å²) >= 11 is 0. The summed E-state index contributed by atoms with van der Waals surface area (Å²) in [5, 5.41) is 0. The molecule has 0 aliphatic heterocycles. The third-order valence-corrected chi connectivity index (χ3v) is 3.17. The van der Waals surface area contributed by atoms with Gasteiger partial charge >= 0.3 is 0 Å². The van der Waals surface area contributed by atoms with E-state index in [0.29, 0.717) is 5.92 Å². The Bertz CT molecular complexity index is 268. The zero-order valence-electron chi connectivity index (χ0n) is 8.11. The first-order chi connectivity index (χ1) is 6.33.